The number of pyridine rings is 1. The van der Waals surface area contributed by atoms with Gasteiger partial charge in [-0.15, -0.1) is 11.3 Å². The van der Waals surface area contributed by atoms with E-state index in [0.717, 1.165) is 33.0 Å². The zero-order chi connectivity index (χ0) is 13.9. The Morgan fingerprint density at radius 3 is 2.65 bits per heavy atom. The summed E-state index contributed by atoms with van der Waals surface area (Å²) in [6, 6.07) is 9.97. The summed E-state index contributed by atoms with van der Waals surface area (Å²) in [4.78, 5) is 9.68. The second-order valence-corrected chi connectivity index (χ2v) is 5.20. The van der Waals surface area contributed by atoms with Crippen LogP contribution in [0.5, 0.6) is 5.75 Å². The molecule has 0 unspecified atom stereocenters. The minimum absolute atomic E-state index is 0.848. The predicted molar refractivity (Wildman–Crippen MR) is 80.9 cm³/mol. The van der Waals surface area contributed by atoms with Crippen LogP contribution in [-0.2, 0) is 0 Å². The van der Waals surface area contributed by atoms with Gasteiger partial charge >= 0.3 is 0 Å². The van der Waals surface area contributed by atoms with Crippen LogP contribution < -0.4 is 4.74 Å². The summed E-state index contributed by atoms with van der Waals surface area (Å²) in [6.07, 6.45) is 3.65. The van der Waals surface area contributed by atoms with E-state index in [1.54, 1.807) is 13.3 Å². The molecule has 0 aliphatic heterocycles. The van der Waals surface area contributed by atoms with E-state index in [1.165, 1.54) is 11.3 Å². The number of benzene rings is 1. The highest BCUT2D eigenvalue weighted by atomic mass is 32.1. The third-order valence-electron chi connectivity index (χ3n) is 3.17. The number of hydrogen-bond donors (Lipinski definition) is 0. The lowest BCUT2D eigenvalue weighted by Crippen LogP contribution is -1.87. The molecule has 0 N–H and O–H groups in total. The Morgan fingerprint density at radius 2 is 1.95 bits per heavy atom. The van der Waals surface area contributed by atoms with Crippen molar-refractivity contribution in [3.63, 3.8) is 0 Å². The van der Waals surface area contributed by atoms with Crippen molar-refractivity contribution in [1.29, 1.82) is 0 Å². The Hall–Kier alpha value is -2.20. The summed E-state index contributed by atoms with van der Waals surface area (Å²) < 4.78 is 5.19. The van der Waals surface area contributed by atoms with Crippen LogP contribution in [0.3, 0.4) is 0 Å². The van der Waals surface area contributed by atoms with Gasteiger partial charge in [0.25, 0.3) is 0 Å². The van der Waals surface area contributed by atoms with Crippen molar-refractivity contribution >= 4 is 11.3 Å². The van der Waals surface area contributed by atoms with E-state index in [4.69, 9.17) is 4.74 Å². The van der Waals surface area contributed by atoms with Crippen molar-refractivity contribution in [3.05, 3.63) is 53.8 Å². The number of hydrogen-bond acceptors (Lipinski definition) is 4. The fraction of sp³-hybridized carbons (Fsp3) is 0.125. The summed E-state index contributed by atoms with van der Waals surface area (Å²) in [7, 11) is 1.67. The fourth-order valence-corrected chi connectivity index (χ4v) is 2.78. The number of methoxy groups -OCH3 is 1. The lowest BCUT2D eigenvalue weighted by Gasteiger charge is -2.06. The van der Waals surface area contributed by atoms with Crippen LogP contribution in [0.25, 0.3) is 21.7 Å². The maximum absolute atomic E-state index is 5.19. The van der Waals surface area contributed by atoms with Crippen molar-refractivity contribution in [3.8, 4) is 27.4 Å². The van der Waals surface area contributed by atoms with Crippen molar-refractivity contribution in [1.82, 2.24) is 9.97 Å². The van der Waals surface area contributed by atoms with Crippen molar-refractivity contribution in [2.75, 3.05) is 7.11 Å². The first-order valence-corrected chi connectivity index (χ1v) is 7.03. The molecule has 0 aliphatic carbocycles. The largest absolute Gasteiger partial charge is 0.497 e. The number of aryl methyl sites for hydroxylation is 1. The Labute approximate surface area is 121 Å². The third-order valence-corrected chi connectivity index (χ3v) is 3.98. The average molecular weight is 281 g/mol. The van der Waals surface area contributed by atoms with Crippen LogP contribution in [-0.4, -0.2) is 17.1 Å². The number of thiazole rings is 1. The van der Waals surface area contributed by atoms with Gasteiger partial charge in [-0.25, -0.2) is 4.98 Å². The van der Waals surface area contributed by atoms with Crippen molar-refractivity contribution in [2.24, 2.45) is 0 Å². The number of nitrogens with zero attached hydrogens (tertiary/aromatic N) is 2. The first-order valence-electron chi connectivity index (χ1n) is 6.22. The third kappa shape index (κ3) is 2.30. The number of rotatable bonds is 3. The van der Waals surface area contributed by atoms with Crippen LogP contribution in [0, 0.1) is 12.4 Å². The molecule has 1 radical (unpaired) electrons. The van der Waals surface area contributed by atoms with E-state index in [2.05, 4.69) is 22.4 Å². The van der Waals surface area contributed by atoms with Gasteiger partial charge in [0, 0.05) is 18.0 Å². The SMILES string of the molecule is COc1ccc(-c2s[c]nc2-c2cnccc2C)cc1. The molecule has 0 aliphatic rings. The second-order valence-electron chi connectivity index (χ2n) is 4.40. The van der Waals surface area contributed by atoms with Gasteiger partial charge in [0.05, 0.1) is 17.7 Å². The van der Waals surface area contributed by atoms with E-state index in [1.807, 2.05) is 36.5 Å². The topological polar surface area (TPSA) is 35.0 Å². The zero-order valence-corrected chi connectivity index (χ0v) is 12.1. The van der Waals surface area contributed by atoms with Gasteiger partial charge in [-0.2, -0.15) is 0 Å². The van der Waals surface area contributed by atoms with Gasteiger partial charge in [0.1, 0.15) is 5.75 Å². The van der Waals surface area contributed by atoms with Crippen molar-refractivity contribution < 1.29 is 4.74 Å². The zero-order valence-electron chi connectivity index (χ0n) is 11.3. The van der Waals surface area contributed by atoms with E-state index in [-0.39, 0.29) is 0 Å². The molecule has 3 aromatic rings. The highest BCUT2D eigenvalue weighted by Crippen LogP contribution is 2.35. The minimum Gasteiger partial charge on any atom is -0.497 e. The van der Waals surface area contributed by atoms with Crippen molar-refractivity contribution in [2.45, 2.75) is 6.92 Å². The van der Waals surface area contributed by atoms with Crippen LogP contribution in [0.1, 0.15) is 5.56 Å². The average Bonchev–Trinajstić information content (AvgIpc) is 2.97. The predicted octanol–water partition coefficient (Wildman–Crippen LogP) is 3.99. The Balaban J connectivity index is 2.08. The molecule has 3 nitrogen and oxygen atoms in total. The molecule has 3 rings (SSSR count). The summed E-state index contributed by atoms with van der Waals surface area (Å²) in [5.41, 5.74) is 7.25. The molecule has 0 bridgehead atoms. The van der Waals surface area contributed by atoms with Gasteiger partial charge in [-0.05, 0) is 48.4 Å². The van der Waals surface area contributed by atoms with E-state index in [0.29, 0.717) is 0 Å². The van der Waals surface area contributed by atoms with Crippen LogP contribution >= 0.6 is 11.3 Å². The van der Waals surface area contributed by atoms with E-state index < -0.39 is 0 Å². The molecule has 0 fully saturated rings. The molecular formula is C16H13N2OS. The number of ether oxygens (including phenoxy) is 1. The highest BCUT2D eigenvalue weighted by molar-refractivity contribution is 7.13. The first kappa shape index (κ1) is 12.8. The first-order chi connectivity index (χ1) is 9.79. The molecule has 20 heavy (non-hydrogen) atoms. The maximum atomic E-state index is 5.19. The molecule has 0 saturated carbocycles. The van der Waals surface area contributed by atoms with Gasteiger partial charge < -0.3 is 4.74 Å². The molecule has 0 atom stereocenters. The lowest BCUT2D eigenvalue weighted by molar-refractivity contribution is 0.415. The Kier molecular flexibility index (Phi) is 3.48. The molecule has 0 amide bonds. The summed E-state index contributed by atoms with van der Waals surface area (Å²) >= 11 is 1.51. The summed E-state index contributed by atoms with van der Waals surface area (Å²) in [5, 5.41) is 0. The number of aromatic nitrogens is 2. The van der Waals surface area contributed by atoms with E-state index >= 15 is 0 Å². The molecule has 0 saturated heterocycles. The minimum atomic E-state index is 0.848. The van der Waals surface area contributed by atoms with E-state index in [9.17, 15) is 0 Å². The quantitative estimate of drug-likeness (QED) is 0.728. The van der Waals surface area contributed by atoms with Gasteiger partial charge in [-0.1, -0.05) is 0 Å². The van der Waals surface area contributed by atoms with Crippen LogP contribution in [0.2, 0.25) is 0 Å². The summed E-state index contributed by atoms with van der Waals surface area (Å²) in [6.45, 7) is 2.06. The molecule has 2 heterocycles. The smallest absolute Gasteiger partial charge is 0.153 e. The monoisotopic (exact) mass is 281 g/mol. The lowest BCUT2D eigenvalue weighted by atomic mass is 10.0. The normalized spacial score (nSPS) is 10.5. The second kappa shape index (κ2) is 5.43. The molecule has 99 valence electrons. The standard InChI is InChI=1S/C16H13N2OS/c1-11-7-8-17-9-14(11)15-16(20-10-18-15)12-3-5-13(19-2)6-4-12/h3-9H,1-2H3. The molecule has 2 aromatic heterocycles. The van der Waals surface area contributed by atoms with Gasteiger partial charge in [0.15, 0.2) is 5.51 Å². The highest BCUT2D eigenvalue weighted by Gasteiger charge is 2.13. The maximum Gasteiger partial charge on any atom is 0.153 e. The Bertz CT molecular complexity index is 719. The van der Waals surface area contributed by atoms with Gasteiger partial charge in [-0.3, -0.25) is 4.98 Å². The summed E-state index contributed by atoms with van der Waals surface area (Å²) in [5.74, 6) is 0.848. The molecule has 1 aromatic carbocycles. The molecule has 0 spiro atoms. The van der Waals surface area contributed by atoms with Crippen LogP contribution in [0.15, 0.2) is 42.7 Å². The van der Waals surface area contributed by atoms with Crippen LogP contribution in [0.4, 0.5) is 0 Å². The molecular weight excluding hydrogens is 268 g/mol. The molecule has 4 heteroatoms. The van der Waals surface area contributed by atoms with Gasteiger partial charge in [0.2, 0.25) is 0 Å². The Morgan fingerprint density at radius 1 is 1.15 bits per heavy atom. The fourth-order valence-electron chi connectivity index (χ4n) is 2.05.